The maximum absolute atomic E-state index is 12.4. The number of hydrogen-bond acceptors (Lipinski definition) is 5. The Morgan fingerprint density at radius 2 is 2.14 bits per heavy atom. The van der Waals surface area contributed by atoms with Gasteiger partial charge in [0, 0.05) is 36.2 Å². The van der Waals surface area contributed by atoms with Gasteiger partial charge in [-0.3, -0.25) is 14.9 Å². The second-order valence-electron chi connectivity index (χ2n) is 5.20. The zero-order chi connectivity index (χ0) is 15.4. The van der Waals surface area contributed by atoms with Gasteiger partial charge in [-0.1, -0.05) is 0 Å². The molecule has 1 aromatic carbocycles. The Morgan fingerprint density at radius 1 is 1.48 bits per heavy atom. The van der Waals surface area contributed by atoms with Crippen molar-refractivity contribution in [1.82, 2.24) is 4.90 Å². The van der Waals surface area contributed by atoms with Gasteiger partial charge in [0.25, 0.3) is 5.69 Å². The number of nitro groups is 1. The fourth-order valence-corrected chi connectivity index (χ4v) is 3.32. The quantitative estimate of drug-likeness (QED) is 0.522. The number of carbonyl (C=O) groups excluding carboxylic acids is 1. The summed E-state index contributed by atoms with van der Waals surface area (Å²) in [7, 11) is 0. The summed E-state index contributed by atoms with van der Waals surface area (Å²) in [6.07, 6.45) is 1.91. The number of nitrogens with zero attached hydrogens (tertiary/aromatic N) is 2. The predicted octanol–water partition coefficient (Wildman–Crippen LogP) is 2.03. The first kappa shape index (κ1) is 15.8. The third-order valence-corrected chi connectivity index (χ3v) is 4.58. The van der Waals surface area contributed by atoms with E-state index in [4.69, 9.17) is 5.73 Å². The highest BCUT2D eigenvalue weighted by molar-refractivity contribution is 8.00. The van der Waals surface area contributed by atoms with Crippen molar-refractivity contribution in [2.45, 2.75) is 36.0 Å². The second kappa shape index (κ2) is 6.91. The molecule has 6 nitrogen and oxygen atoms in total. The van der Waals surface area contributed by atoms with E-state index in [0.717, 1.165) is 24.3 Å². The lowest BCUT2D eigenvalue weighted by atomic mass is 10.1. The van der Waals surface area contributed by atoms with Gasteiger partial charge >= 0.3 is 0 Å². The SMILES string of the molecule is CC(Sc1ccc([N+](=O)[O-])cc1)C(=O)N1CCCC(N)C1. The zero-order valence-electron chi connectivity index (χ0n) is 11.9. The number of thioether (sulfide) groups is 1. The first-order valence-corrected chi connectivity index (χ1v) is 7.81. The number of amides is 1. The summed E-state index contributed by atoms with van der Waals surface area (Å²) >= 11 is 1.41. The first-order chi connectivity index (χ1) is 9.97. The van der Waals surface area contributed by atoms with Crippen molar-refractivity contribution < 1.29 is 9.72 Å². The highest BCUT2D eigenvalue weighted by Crippen LogP contribution is 2.27. The van der Waals surface area contributed by atoms with Crippen LogP contribution in [0.3, 0.4) is 0 Å². The van der Waals surface area contributed by atoms with Crippen LogP contribution in [0, 0.1) is 10.1 Å². The summed E-state index contributed by atoms with van der Waals surface area (Å²) in [4.78, 5) is 25.2. The average Bonchev–Trinajstić information content (AvgIpc) is 2.47. The number of piperidine rings is 1. The molecule has 0 aliphatic carbocycles. The van der Waals surface area contributed by atoms with Gasteiger partial charge in [0.1, 0.15) is 0 Å². The number of likely N-dealkylation sites (tertiary alicyclic amines) is 1. The van der Waals surface area contributed by atoms with E-state index in [2.05, 4.69) is 0 Å². The van der Waals surface area contributed by atoms with Crippen LogP contribution in [0.4, 0.5) is 5.69 Å². The lowest BCUT2D eigenvalue weighted by Gasteiger charge is -2.32. The van der Waals surface area contributed by atoms with E-state index in [1.54, 1.807) is 12.1 Å². The molecule has 0 aromatic heterocycles. The van der Waals surface area contributed by atoms with E-state index in [1.165, 1.54) is 23.9 Å². The van der Waals surface area contributed by atoms with Crippen LogP contribution in [0.15, 0.2) is 29.2 Å². The molecule has 21 heavy (non-hydrogen) atoms. The topological polar surface area (TPSA) is 89.5 Å². The molecule has 114 valence electrons. The summed E-state index contributed by atoms with van der Waals surface area (Å²) in [5, 5.41) is 10.4. The molecule has 2 N–H and O–H groups in total. The molecule has 0 bridgehead atoms. The summed E-state index contributed by atoms with van der Waals surface area (Å²) in [5.41, 5.74) is 5.95. The third-order valence-electron chi connectivity index (χ3n) is 3.48. The van der Waals surface area contributed by atoms with E-state index in [-0.39, 0.29) is 22.9 Å². The van der Waals surface area contributed by atoms with Crippen LogP contribution >= 0.6 is 11.8 Å². The minimum atomic E-state index is -0.432. The lowest BCUT2D eigenvalue weighted by molar-refractivity contribution is -0.384. The summed E-state index contributed by atoms with van der Waals surface area (Å²) < 4.78 is 0. The Bertz CT molecular complexity index is 521. The highest BCUT2D eigenvalue weighted by atomic mass is 32.2. The normalized spacial score (nSPS) is 20.1. The van der Waals surface area contributed by atoms with Crippen molar-refractivity contribution in [3.63, 3.8) is 0 Å². The number of nitrogens with two attached hydrogens (primary N) is 1. The number of benzene rings is 1. The lowest BCUT2D eigenvalue weighted by Crippen LogP contribution is -2.48. The molecule has 1 saturated heterocycles. The van der Waals surface area contributed by atoms with Crippen LogP contribution in [0.2, 0.25) is 0 Å². The van der Waals surface area contributed by atoms with E-state index in [1.807, 2.05) is 11.8 Å². The van der Waals surface area contributed by atoms with Crippen molar-refractivity contribution in [3.05, 3.63) is 34.4 Å². The van der Waals surface area contributed by atoms with Crippen molar-refractivity contribution >= 4 is 23.4 Å². The van der Waals surface area contributed by atoms with Gasteiger partial charge in [-0.25, -0.2) is 0 Å². The van der Waals surface area contributed by atoms with E-state index < -0.39 is 4.92 Å². The van der Waals surface area contributed by atoms with E-state index >= 15 is 0 Å². The Morgan fingerprint density at radius 3 is 2.71 bits per heavy atom. The fourth-order valence-electron chi connectivity index (χ4n) is 2.37. The van der Waals surface area contributed by atoms with Gasteiger partial charge in [-0.2, -0.15) is 0 Å². The molecule has 7 heteroatoms. The van der Waals surface area contributed by atoms with E-state index in [9.17, 15) is 14.9 Å². The smallest absolute Gasteiger partial charge is 0.269 e. The van der Waals surface area contributed by atoms with Gasteiger partial charge < -0.3 is 10.6 Å². The van der Waals surface area contributed by atoms with Gasteiger partial charge in [0.15, 0.2) is 0 Å². The van der Waals surface area contributed by atoms with Crippen molar-refractivity contribution in [2.24, 2.45) is 5.73 Å². The van der Waals surface area contributed by atoms with Gasteiger partial charge in [0.2, 0.25) is 5.91 Å². The van der Waals surface area contributed by atoms with Crippen LogP contribution in [0.1, 0.15) is 19.8 Å². The zero-order valence-corrected chi connectivity index (χ0v) is 12.7. The predicted molar refractivity (Wildman–Crippen MR) is 82.2 cm³/mol. The van der Waals surface area contributed by atoms with Crippen LogP contribution in [0.5, 0.6) is 0 Å². The van der Waals surface area contributed by atoms with Crippen LogP contribution in [0.25, 0.3) is 0 Å². The largest absolute Gasteiger partial charge is 0.340 e. The van der Waals surface area contributed by atoms with Crippen molar-refractivity contribution in [1.29, 1.82) is 0 Å². The fraction of sp³-hybridized carbons (Fsp3) is 0.500. The highest BCUT2D eigenvalue weighted by Gasteiger charge is 2.25. The molecule has 2 unspecified atom stereocenters. The van der Waals surface area contributed by atoms with Gasteiger partial charge in [-0.05, 0) is 31.9 Å². The number of nitro benzene ring substituents is 1. The molecule has 2 rings (SSSR count). The van der Waals surface area contributed by atoms with Crippen LogP contribution < -0.4 is 5.73 Å². The summed E-state index contributed by atoms with van der Waals surface area (Å²) in [5.74, 6) is 0.0773. The molecule has 1 heterocycles. The Kier molecular flexibility index (Phi) is 5.19. The second-order valence-corrected chi connectivity index (χ2v) is 6.61. The van der Waals surface area contributed by atoms with Crippen LogP contribution in [-0.4, -0.2) is 40.1 Å². The molecule has 0 saturated carbocycles. The Hall–Kier alpha value is -1.60. The molecule has 2 atom stereocenters. The minimum Gasteiger partial charge on any atom is -0.340 e. The number of carbonyl (C=O) groups is 1. The first-order valence-electron chi connectivity index (χ1n) is 6.93. The molecule has 1 aliphatic rings. The minimum absolute atomic E-state index is 0.0559. The summed E-state index contributed by atoms with van der Waals surface area (Å²) in [6.45, 7) is 3.23. The molecule has 1 aromatic rings. The maximum atomic E-state index is 12.4. The average molecular weight is 309 g/mol. The van der Waals surface area contributed by atoms with Gasteiger partial charge in [0.05, 0.1) is 10.2 Å². The standard InChI is InChI=1S/C14H19N3O3S/c1-10(14(18)16-8-2-3-11(15)9-16)21-13-6-4-12(5-7-13)17(19)20/h4-7,10-11H,2-3,8-9,15H2,1H3. The molecule has 1 aliphatic heterocycles. The molecule has 1 amide bonds. The molecular weight excluding hydrogens is 290 g/mol. The molecular formula is C14H19N3O3S. The van der Waals surface area contributed by atoms with Crippen LogP contribution in [-0.2, 0) is 4.79 Å². The number of hydrogen-bond donors (Lipinski definition) is 1. The van der Waals surface area contributed by atoms with Crippen molar-refractivity contribution in [2.75, 3.05) is 13.1 Å². The number of rotatable bonds is 4. The molecule has 0 spiro atoms. The number of non-ortho nitro benzene ring substituents is 1. The molecule has 1 fully saturated rings. The third kappa shape index (κ3) is 4.18. The monoisotopic (exact) mass is 309 g/mol. The van der Waals surface area contributed by atoms with Crippen molar-refractivity contribution in [3.8, 4) is 0 Å². The summed E-state index contributed by atoms with van der Waals surface area (Å²) in [6, 6.07) is 6.33. The Balaban J connectivity index is 1.95. The Labute approximate surface area is 127 Å². The van der Waals surface area contributed by atoms with Gasteiger partial charge in [-0.15, -0.1) is 11.8 Å². The molecule has 0 radical (unpaired) electrons. The maximum Gasteiger partial charge on any atom is 0.269 e. The van der Waals surface area contributed by atoms with E-state index in [0.29, 0.717) is 6.54 Å².